The Morgan fingerprint density at radius 2 is 2.11 bits per heavy atom. The van der Waals surface area contributed by atoms with E-state index in [0.29, 0.717) is 12.0 Å². The van der Waals surface area contributed by atoms with E-state index in [-0.39, 0.29) is 11.9 Å². The zero-order valence-corrected chi connectivity index (χ0v) is 10.9. The number of aliphatic hydroxyl groups is 1. The average molecular weight is 251 g/mol. The highest BCUT2D eigenvalue weighted by atomic mass is 19.1. The monoisotopic (exact) mass is 251 g/mol. The van der Waals surface area contributed by atoms with Gasteiger partial charge in [0.1, 0.15) is 5.82 Å². The highest BCUT2D eigenvalue weighted by molar-refractivity contribution is 5.24. The van der Waals surface area contributed by atoms with Crippen LogP contribution in [0.4, 0.5) is 4.39 Å². The van der Waals surface area contributed by atoms with Crippen LogP contribution in [0.25, 0.3) is 0 Å². The fourth-order valence-corrected chi connectivity index (χ4v) is 2.50. The van der Waals surface area contributed by atoms with E-state index in [4.69, 9.17) is 0 Å². The summed E-state index contributed by atoms with van der Waals surface area (Å²) in [6.45, 7) is 2.84. The van der Waals surface area contributed by atoms with Crippen molar-refractivity contribution in [2.24, 2.45) is 0 Å². The molecule has 1 aromatic rings. The standard InChI is InChI=1S/C15H22FNO/c1-2-13(18)7-8-17-12-9-11(10-12)14-5-3-4-6-15(14)16/h3-6,11-13,17-18H,2,7-10H2,1H3. The molecule has 1 saturated carbocycles. The van der Waals surface area contributed by atoms with E-state index < -0.39 is 0 Å². The van der Waals surface area contributed by atoms with Crippen molar-refractivity contribution in [1.82, 2.24) is 5.32 Å². The van der Waals surface area contributed by atoms with Gasteiger partial charge in [-0.05, 0) is 49.8 Å². The molecular weight excluding hydrogens is 229 g/mol. The molecule has 1 fully saturated rings. The normalized spacial score (nSPS) is 24.6. The summed E-state index contributed by atoms with van der Waals surface area (Å²) in [5.74, 6) is 0.280. The second-order valence-electron chi connectivity index (χ2n) is 5.19. The number of rotatable bonds is 6. The van der Waals surface area contributed by atoms with Crippen LogP contribution in [0.1, 0.15) is 44.1 Å². The lowest BCUT2D eigenvalue weighted by Gasteiger charge is -2.36. The van der Waals surface area contributed by atoms with Crippen molar-refractivity contribution in [2.75, 3.05) is 6.54 Å². The van der Waals surface area contributed by atoms with Crippen LogP contribution < -0.4 is 5.32 Å². The van der Waals surface area contributed by atoms with E-state index in [1.807, 2.05) is 19.1 Å². The van der Waals surface area contributed by atoms with Gasteiger partial charge in [-0.25, -0.2) is 4.39 Å². The average Bonchev–Trinajstić information content (AvgIpc) is 2.33. The van der Waals surface area contributed by atoms with Gasteiger partial charge in [-0.3, -0.25) is 0 Å². The molecule has 1 aliphatic rings. The SMILES string of the molecule is CCC(O)CCNC1CC(c2ccccc2F)C1. The highest BCUT2D eigenvalue weighted by Crippen LogP contribution is 2.37. The van der Waals surface area contributed by atoms with Crippen LogP contribution in [0.2, 0.25) is 0 Å². The van der Waals surface area contributed by atoms with Crippen molar-refractivity contribution in [1.29, 1.82) is 0 Å². The second kappa shape index (κ2) is 6.30. The Morgan fingerprint density at radius 1 is 1.39 bits per heavy atom. The van der Waals surface area contributed by atoms with Crippen LogP contribution in [0, 0.1) is 5.82 Å². The third kappa shape index (κ3) is 3.30. The molecule has 0 spiro atoms. The highest BCUT2D eigenvalue weighted by Gasteiger charge is 2.31. The molecule has 1 aliphatic carbocycles. The number of halogens is 1. The molecule has 0 aliphatic heterocycles. The first-order chi connectivity index (χ1) is 8.70. The van der Waals surface area contributed by atoms with Crippen molar-refractivity contribution >= 4 is 0 Å². The van der Waals surface area contributed by atoms with Crippen LogP contribution >= 0.6 is 0 Å². The molecule has 3 heteroatoms. The molecule has 1 atom stereocenters. The van der Waals surface area contributed by atoms with E-state index in [0.717, 1.165) is 37.8 Å². The van der Waals surface area contributed by atoms with Gasteiger partial charge in [-0.2, -0.15) is 0 Å². The van der Waals surface area contributed by atoms with Crippen LogP contribution in [-0.4, -0.2) is 23.8 Å². The summed E-state index contributed by atoms with van der Waals surface area (Å²) in [5, 5.41) is 12.9. The van der Waals surface area contributed by atoms with Crippen molar-refractivity contribution in [2.45, 2.75) is 50.7 Å². The third-order valence-electron chi connectivity index (χ3n) is 3.86. The lowest BCUT2D eigenvalue weighted by atomic mass is 9.75. The molecule has 1 unspecified atom stereocenters. The van der Waals surface area contributed by atoms with Gasteiger partial charge in [-0.15, -0.1) is 0 Å². The van der Waals surface area contributed by atoms with Gasteiger partial charge in [0, 0.05) is 6.04 Å². The summed E-state index contributed by atoms with van der Waals surface area (Å²) in [7, 11) is 0. The Bertz CT molecular complexity index is 377. The first-order valence-electron chi connectivity index (χ1n) is 6.86. The molecule has 2 N–H and O–H groups in total. The zero-order valence-electron chi connectivity index (χ0n) is 10.9. The zero-order chi connectivity index (χ0) is 13.0. The molecular formula is C15H22FNO. The Hall–Kier alpha value is -0.930. The minimum absolute atomic E-state index is 0.0812. The minimum Gasteiger partial charge on any atom is -0.393 e. The van der Waals surface area contributed by atoms with E-state index in [9.17, 15) is 9.50 Å². The van der Waals surface area contributed by atoms with E-state index in [1.54, 1.807) is 6.07 Å². The van der Waals surface area contributed by atoms with Gasteiger partial charge in [0.05, 0.1) is 6.10 Å². The topological polar surface area (TPSA) is 32.3 Å². The number of aliphatic hydroxyl groups excluding tert-OH is 1. The van der Waals surface area contributed by atoms with Crippen molar-refractivity contribution < 1.29 is 9.50 Å². The predicted molar refractivity (Wildman–Crippen MR) is 71.1 cm³/mol. The fraction of sp³-hybridized carbons (Fsp3) is 0.600. The smallest absolute Gasteiger partial charge is 0.126 e. The van der Waals surface area contributed by atoms with Crippen LogP contribution in [0.3, 0.4) is 0 Å². The maximum Gasteiger partial charge on any atom is 0.126 e. The molecule has 2 rings (SSSR count). The van der Waals surface area contributed by atoms with Gasteiger partial charge < -0.3 is 10.4 Å². The first kappa shape index (κ1) is 13.5. The van der Waals surface area contributed by atoms with E-state index in [1.165, 1.54) is 6.07 Å². The predicted octanol–water partition coefficient (Wildman–Crippen LogP) is 2.82. The van der Waals surface area contributed by atoms with Crippen molar-refractivity contribution in [3.8, 4) is 0 Å². The molecule has 100 valence electrons. The van der Waals surface area contributed by atoms with E-state index >= 15 is 0 Å². The molecule has 0 saturated heterocycles. The van der Waals surface area contributed by atoms with Crippen LogP contribution in [0.5, 0.6) is 0 Å². The fourth-order valence-electron chi connectivity index (χ4n) is 2.50. The molecule has 2 nitrogen and oxygen atoms in total. The summed E-state index contributed by atoms with van der Waals surface area (Å²) >= 11 is 0. The first-order valence-corrected chi connectivity index (χ1v) is 6.86. The molecule has 18 heavy (non-hydrogen) atoms. The summed E-state index contributed by atoms with van der Waals surface area (Å²) in [5.41, 5.74) is 0.851. The maximum atomic E-state index is 13.5. The van der Waals surface area contributed by atoms with Crippen molar-refractivity contribution in [3.05, 3.63) is 35.6 Å². The van der Waals surface area contributed by atoms with E-state index in [2.05, 4.69) is 5.32 Å². The molecule has 0 radical (unpaired) electrons. The molecule has 0 aromatic heterocycles. The number of hydrogen-bond acceptors (Lipinski definition) is 2. The molecule has 0 bridgehead atoms. The van der Waals surface area contributed by atoms with Gasteiger partial charge in [0.2, 0.25) is 0 Å². The van der Waals surface area contributed by atoms with Gasteiger partial charge in [0.15, 0.2) is 0 Å². The summed E-state index contributed by atoms with van der Waals surface area (Å²) < 4.78 is 13.5. The largest absolute Gasteiger partial charge is 0.393 e. The quantitative estimate of drug-likeness (QED) is 0.815. The lowest BCUT2D eigenvalue weighted by Crippen LogP contribution is -2.41. The van der Waals surface area contributed by atoms with Gasteiger partial charge in [0.25, 0.3) is 0 Å². The Morgan fingerprint density at radius 3 is 2.78 bits per heavy atom. The van der Waals surface area contributed by atoms with Crippen molar-refractivity contribution in [3.63, 3.8) is 0 Å². The lowest BCUT2D eigenvalue weighted by molar-refractivity contribution is 0.154. The van der Waals surface area contributed by atoms with Gasteiger partial charge in [-0.1, -0.05) is 25.1 Å². The third-order valence-corrected chi connectivity index (χ3v) is 3.86. The molecule has 0 amide bonds. The molecule has 1 aromatic carbocycles. The van der Waals surface area contributed by atoms with Crippen LogP contribution in [-0.2, 0) is 0 Å². The number of hydrogen-bond donors (Lipinski definition) is 2. The summed E-state index contributed by atoms with van der Waals surface area (Å²) in [4.78, 5) is 0. The Balaban J connectivity index is 1.70. The van der Waals surface area contributed by atoms with Gasteiger partial charge >= 0.3 is 0 Å². The Labute approximate surface area is 108 Å². The molecule has 0 heterocycles. The minimum atomic E-state index is -0.194. The summed E-state index contributed by atoms with van der Waals surface area (Å²) in [6, 6.07) is 7.54. The maximum absolute atomic E-state index is 13.5. The number of benzene rings is 1. The Kier molecular flexibility index (Phi) is 4.72. The van der Waals surface area contributed by atoms with Crippen LogP contribution in [0.15, 0.2) is 24.3 Å². The number of nitrogens with one attached hydrogen (secondary N) is 1. The summed E-state index contributed by atoms with van der Waals surface area (Å²) in [6.07, 6.45) is 3.42. The second-order valence-corrected chi connectivity index (χ2v) is 5.19.